The fourth-order valence-electron chi connectivity index (χ4n) is 3.02. The standard InChI is InChI=1S/C21H25N3O2S/c1-16-7-9-17(10-8-16)22-20(25)14-27-15-21(26)23-18-5-4-6-19(13-18)24-11-2-3-12-24/h4-10,13H,2-3,11-12,14-15H2,1H3,(H,22,25)(H,23,26). The molecule has 6 heteroatoms. The topological polar surface area (TPSA) is 61.4 Å². The zero-order valence-electron chi connectivity index (χ0n) is 15.5. The molecule has 27 heavy (non-hydrogen) atoms. The van der Waals surface area contributed by atoms with E-state index in [-0.39, 0.29) is 23.3 Å². The third-order valence-corrected chi connectivity index (χ3v) is 5.34. The van der Waals surface area contributed by atoms with Crippen LogP contribution in [0.2, 0.25) is 0 Å². The van der Waals surface area contributed by atoms with Crippen molar-refractivity contribution in [3.8, 4) is 0 Å². The molecule has 1 saturated heterocycles. The molecule has 0 spiro atoms. The second-order valence-corrected chi connectivity index (χ2v) is 7.69. The zero-order chi connectivity index (χ0) is 19.1. The summed E-state index contributed by atoms with van der Waals surface area (Å²) < 4.78 is 0. The van der Waals surface area contributed by atoms with Gasteiger partial charge in [-0.15, -0.1) is 11.8 Å². The predicted molar refractivity (Wildman–Crippen MR) is 114 cm³/mol. The van der Waals surface area contributed by atoms with Crippen molar-refractivity contribution in [2.45, 2.75) is 19.8 Å². The molecule has 0 aromatic heterocycles. The zero-order valence-corrected chi connectivity index (χ0v) is 16.3. The number of carbonyl (C=O) groups is 2. The molecule has 142 valence electrons. The maximum atomic E-state index is 12.1. The Labute approximate surface area is 164 Å². The summed E-state index contributed by atoms with van der Waals surface area (Å²) in [5.74, 6) is 0.291. The molecule has 0 unspecified atom stereocenters. The molecule has 0 bridgehead atoms. The van der Waals surface area contributed by atoms with Crippen LogP contribution >= 0.6 is 11.8 Å². The average molecular weight is 384 g/mol. The monoisotopic (exact) mass is 383 g/mol. The lowest BCUT2D eigenvalue weighted by molar-refractivity contribution is -0.114. The molecule has 2 N–H and O–H groups in total. The third kappa shape index (κ3) is 6.03. The fraction of sp³-hybridized carbons (Fsp3) is 0.333. The lowest BCUT2D eigenvalue weighted by Crippen LogP contribution is -2.19. The predicted octanol–water partition coefficient (Wildman–Crippen LogP) is 3.91. The first-order valence-electron chi connectivity index (χ1n) is 9.19. The van der Waals surface area contributed by atoms with Crippen molar-refractivity contribution in [2.75, 3.05) is 40.1 Å². The Balaban J connectivity index is 1.41. The number of hydrogen-bond acceptors (Lipinski definition) is 4. The van der Waals surface area contributed by atoms with Crippen molar-refractivity contribution in [3.05, 3.63) is 54.1 Å². The van der Waals surface area contributed by atoms with E-state index >= 15 is 0 Å². The summed E-state index contributed by atoms with van der Waals surface area (Å²) in [7, 11) is 0. The molecular formula is C21H25N3O2S. The highest BCUT2D eigenvalue weighted by molar-refractivity contribution is 8.00. The lowest BCUT2D eigenvalue weighted by atomic mass is 10.2. The van der Waals surface area contributed by atoms with Gasteiger partial charge in [0.05, 0.1) is 11.5 Å². The third-order valence-electron chi connectivity index (χ3n) is 4.40. The Hall–Kier alpha value is -2.47. The van der Waals surface area contributed by atoms with Gasteiger partial charge in [-0.05, 0) is 50.1 Å². The Morgan fingerprint density at radius 3 is 2.22 bits per heavy atom. The molecule has 0 saturated carbocycles. The van der Waals surface area contributed by atoms with Crippen LogP contribution in [-0.2, 0) is 9.59 Å². The van der Waals surface area contributed by atoms with Gasteiger partial charge in [0.2, 0.25) is 11.8 Å². The van der Waals surface area contributed by atoms with E-state index in [0.717, 1.165) is 35.7 Å². The molecule has 1 fully saturated rings. The van der Waals surface area contributed by atoms with Crippen LogP contribution in [0.15, 0.2) is 48.5 Å². The summed E-state index contributed by atoms with van der Waals surface area (Å²) in [6.07, 6.45) is 2.44. The molecule has 3 rings (SSSR count). The molecule has 2 aromatic carbocycles. The minimum absolute atomic E-state index is 0.0956. The fourth-order valence-corrected chi connectivity index (χ4v) is 3.64. The van der Waals surface area contributed by atoms with E-state index < -0.39 is 0 Å². The van der Waals surface area contributed by atoms with Crippen LogP contribution in [0.5, 0.6) is 0 Å². The minimum Gasteiger partial charge on any atom is -0.371 e. The molecule has 0 aliphatic carbocycles. The van der Waals surface area contributed by atoms with Gasteiger partial charge in [-0.2, -0.15) is 0 Å². The first-order chi connectivity index (χ1) is 13.1. The van der Waals surface area contributed by atoms with Crippen LogP contribution < -0.4 is 15.5 Å². The number of benzene rings is 2. The van der Waals surface area contributed by atoms with E-state index in [1.54, 1.807) is 0 Å². The molecule has 1 aliphatic rings. The van der Waals surface area contributed by atoms with Gasteiger partial charge >= 0.3 is 0 Å². The Bertz CT molecular complexity index is 786. The Kier molecular flexibility index (Phi) is 6.76. The largest absolute Gasteiger partial charge is 0.371 e. The molecule has 2 aromatic rings. The van der Waals surface area contributed by atoms with E-state index in [1.807, 2.05) is 49.4 Å². The highest BCUT2D eigenvalue weighted by atomic mass is 32.2. The van der Waals surface area contributed by atoms with E-state index in [2.05, 4.69) is 21.6 Å². The summed E-state index contributed by atoms with van der Waals surface area (Å²) in [6.45, 7) is 4.15. The van der Waals surface area contributed by atoms with E-state index in [4.69, 9.17) is 0 Å². The number of nitrogens with one attached hydrogen (secondary N) is 2. The first kappa shape index (κ1) is 19.3. The second-order valence-electron chi connectivity index (χ2n) is 6.70. The van der Waals surface area contributed by atoms with Crippen LogP contribution in [0.4, 0.5) is 17.1 Å². The van der Waals surface area contributed by atoms with Gasteiger partial charge in [0.25, 0.3) is 0 Å². The number of nitrogens with zero attached hydrogens (tertiary/aromatic N) is 1. The molecule has 1 aliphatic heterocycles. The van der Waals surface area contributed by atoms with Crippen LogP contribution in [0, 0.1) is 6.92 Å². The Morgan fingerprint density at radius 1 is 0.926 bits per heavy atom. The van der Waals surface area contributed by atoms with Crippen LogP contribution in [-0.4, -0.2) is 36.4 Å². The molecule has 0 atom stereocenters. The van der Waals surface area contributed by atoms with E-state index in [9.17, 15) is 9.59 Å². The Morgan fingerprint density at radius 2 is 1.56 bits per heavy atom. The van der Waals surface area contributed by atoms with Crippen LogP contribution in [0.1, 0.15) is 18.4 Å². The molecule has 1 heterocycles. The van der Waals surface area contributed by atoms with Crippen molar-refractivity contribution in [1.82, 2.24) is 0 Å². The van der Waals surface area contributed by atoms with Crippen molar-refractivity contribution in [1.29, 1.82) is 0 Å². The highest BCUT2D eigenvalue weighted by Gasteiger charge is 2.13. The number of anilines is 3. The van der Waals surface area contributed by atoms with E-state index in [0.29, 0.717) is 0 Å². The smallest absolute Gasteiger partial charge is 0.234 e. The van der Waals surface area contributed by atoms with Gasteiger partial charge < -0.3 is 15.5 Å². The number of thioether (sulfide) groups is 1. The second kappa shape index (κ2) is 9.46. The molecule has 0 radical (unpaired) electrons. The lowest BCUT2D eigenvalue weighted by Gasteiger charge is -2.18. The summed E-state index contributed by atoms with van der Waals surface area (Å²) in [4.78, 5) is 26.4. The number of amides is 2. The van der Waals surface area contributed by atoms with Gasteiger partial charge in [0.15, 0.2) is 0 Å². The van der Waals surface area contributed by atoms with Gasteiger partial charge in [0.1, 0.15) is 0 Å². The maximum Gasteiger partial charge on any atom is 0.234 e. The summed E-state index contributed by atoms with van der Waals surface area (Å²) in [5, 5.41) is 5.75. The van der Waals surface area contributed by atoms with Gasteiger partial charge in [-0.1, -0.05) is 23.8 Å². The quantitative estimate of drug-likeness (QED) is 0.761. The highest BCUT2D eigenvalue weighted by Crippen LogP contribution is 2.23. The normalized spacial score (nSPS) is 13.4. The van der Waals surface area contributed by atoms with Crippen molar-refractivity contribution in [3.63, 3.8) is 0 Å². The molecule has 2 amide bonds. The van der Waals surface area contributed by atoms with Gasteiger partial charge in [0, 0.05) is 30.2 Å². The molecule has 5 nitrogen and oxygen atoms in total. The number of hydrogen-bond donors (Lipinski definition) is 2. The first-order valence-corrected chi connectivity index (χ1v) is 10.3. The van der Waals surface area contributed by atoms with Crippen molar-refractivity contribution < 1.29 is 9.59 Å². The minimum atomic E-state index is -0.104. The summed E-state index contributed by atoms with van der Waals surface area (Å²) in [5.41, 5.74) is 3.87. The SMILES string of the molecule is Cc1ccc(NC(=O)CSCC(=O)Nc2cccc(N3CCCC3)c2)cc1. The average Bonchev–Trinajstić information content (AvgIpc) is 3.19. The van der Waals surface area contributed by atoms with Crippen LogP contribution in [0.3, 0.4) is 0 Å². The van der Waals surface area contributed by atoms with Crippen molar-refractivity contribution in [2.24, 2.45) is 0 Å². The van der Waals surface area contributed by atoms with Crippen LogP contribution in [0.25, 0.3) is 0 Å². The number of carbonyl (C=O) groups excluding carboxylic acids is 2. The van der Waals surface area contributed by atoms with Gasteiger partial charge in [-0.3, -0.25) is 9.59 Å². The molecular weight excluding hydrogens is 358 g/mol. The maximum absolute atomic E-state index is 12.1. The van der Waals surface area contributed by atoms with Crippen molar-refractivity contribution >= 4 is 40.6 Å². The number of rotatable bonds is 7. The van der Waals surface area contributed by atoms with Gasteiger partial charge in [-0.25, -0.2) is 0 Å². The number of aryl methyl sites for hydroxylation is 1. The van der Waals surface area contributed by atoms with E-state index in [1.165, 1.54) is 24.6 Å². The summed E-state index contributed by atoms with van der Waals surface area (Å²) in [6, 6.07) is 15.6. The summed E-state index contributed by atoms with van der Waals surface area (Å²) >= 11 is 1.31.